The van der Waals surface area contributed by atoms with Gasteiger partial charge in [-0.15, -0.1) is 0 Å². The Bertz CT molecular complexity index is 425. The van der Waals surface area contributed by atoms with E-state index in [-0.39, 0.29) is 5.56 Å². The molecule has 0 saturated carbocycles. The van der Waals surface area contributed by atoms with Crippen molar-refractivity contribution < 1.29 is 14.6 Å². The highest BCUT2D eigenvalue weighted by molar-refractivity contribution is 5.88. The van der Waals surface area contributed by atoms with Crippen LogP contribution in [-0.4, -0.2) is 43.7 Å². The highest BCUT2D eigenvalue weighted by atomic mass is 16.5. The maximum absolute atomic E-state index is 10.9. The fourth-order valence-corrected chi connectivity index (χ4v) is 1.39. The fourth-order valence-electron chi connectivity index (χ4n) is 1.39. The second kappa shape index (κ2) is 6.06. The number of likely N-dealkylation sites (N-methyl/N-ethyl adjacent to an activating group) is 1. The van der Waals surface area contributed by atoms with Crippen LogP contribution in [0.25, 0.3) is 6.08 Å². The van der Waals surface area contributed by atoms with Crippen molar-refractivity contribution in [2.24, 2.45) is 0 Å². The van der Waals surface area contributed by atoms with E-state index in [9.17, 15) is 4.79 Å². The SMILES string of the molecule is COc1ccc(C(=O)O)cc1/C=C/CN(C)C. The summed E-state index contributed by atoms with van der Waals surface area (Å²) in [5.74, 6) is -0.264. The summed E-state index contributed by atoms with van der Waals surface area (Å²) in [6.45, 7) is 0.792. The van der Waals surface area contributed by atoms with Gasteiger partial charge < -0.3 is 14.7 Å². The first-order chi connectivity index (χ1) is 8.04. The summed E-state index contributed by atoms with van der Waals surface area (Å²) in [6, 6.07) is 4.80. The van der Waals surface area contributed by atoms with Crippen molar-refractivity contribution in [2.75, 3.05) is 27.7 Å². The van der Waals surface area contributed by atoms with Gasteiger partial charge in [-0.1, -0.05) is 12.2 Å². The molecular weight excluding hydrogens is 218 g/mol. The van der Waals surface area contributed by atoms with Crippen LogP contribution in [-0.2, 0) is 0 Å². The number of hydrogen-bond acceptors (Lipinski definition) is 3. The van der Waals surface area contributed by atoms with Gasteiger partial charge in [-0.3, -0.25) is 0 Å². The third-order valence-electron chi connectivity index (χ3n) is 2.24. The van der Waals surface area contributed by atoms with E-state index >= 15 is 0 Å². The highest BCUT2D eigenvalue weighted by Gasteiger charge is 2.06. The third kappa shape index (κ3) is 3.92. The largest absolute Gasteiger partial charge is 0.496 e. The molecule has 0 aliphatic heterocycles. The normalized spacial score (nSPS) is 11.1. The Hall–Kier alpha value is -1.81. The van der Waals surface area contributed by atoms with E-state index < -0.39 is 5.97 Å². The summed E-state index contributed by atoms with van der Waals surface area (Å²) in [7, 11) is 5.50. The first kappa shape index (κ1) is 13.3. The van der Waals surface area contributed by atoms with Crippen LogP contribution in [0.15, 0.2) is 24.3 Å². The standard InChI is InChI=1S/C13H17NO3/c1-14(2)8-4-5-10-9-11(13(15)16)6-7-12(10)17-3/h4-7,9H,8H2,1-3H3,(H,15,16)/b5-4+. The van der Waals surface area contributed by atoms with Crippen LogP contribution in [0.3, 0.4) is 0 Å². The number of hydrogen-bond donors (Lipinski definition) is 1. The van der Waals surface area contributed by atoms with Gasteiger partial charge in [-0.05, 0) is 32.3 Å². The van der Waals surface area contributed by atoms with E-state index in [4.69, 9.17) is 9.84 Å². The number of methoxy groups -OCH3 is 1. The summed E-state index contributed by atoms with van der Waals surface area (Å²) < 4.78 is 5.18. The number of carbonyl (C=O) groups is 1. The van der Waals surface area contributed by atoms with Crippen LogP contribution < -0.4 is 4.74 Å². The van der Waals surface area contributed by atoms with Crippen LogP contribution in [0.4, 0.5) is 0 Å². The molecule has 0 saturated heterocycles. The summed E-state index contributed by atoms with van der Waals surface area (Å²) >= 11 is 0. The third-order valence-corrected chi connectivity index (χ3v) is 2.24. The molecule has 1 rings (SSSR count). The van der Waals surface area contributed by atoms with Crippen molar-refractivity contribution in [3.63, 3.8) is 0 Å². The number of rotatable bonds is 5. The molecule has 1 N–H and O–H groups in total. The van der Waals surface area contributed by atoms with Crippen LogP contribution in [0, 0.1) is 0 Å². The summed E-state index contributed by atoms with van der Waals surface area (Å²) in [4.78, 5) is 12.9. The Labute approximate surface area is 101 Å². The van der Waals surface area contributed by atoms with Gasteiger partial charge in [0.15, 0.2) is 0 Å². The minimum atomic E-state index is -0.935. The maximum Gasteiger partial charge on any atom is 0.335 e. The van der Waals surface area contributed by atoms with E-state index in [1.54, 1.807) is 19.2 Å². The van der Waals surface area contributed by atoms with Crippen molar-refractivity contribution in [1.82, 2.24) is 4.90 Å². The molecule has 4 nitrogen and oxygen atoms in total. The number of benzene rings is 1. The van der Waals surface area contributed by atoms with E-state index in [0.717, 1.165) is 12.1 Å². The Morgan fingerprint density at radius 2 is 2.18 bits per heavy atom. The van der Waals surface area contributed by atoms with Gasteiger partial charge >= 0.3 is 5.97 Å². The molecule has 0 amide bonds. The molecule has 0 atom stereocenters. The number of nitrogens with zero attached hydrogens (tertiary/aromatic N) is 1. The molecule has 0 bridgehead atoms. The Morgan fingerprint density at radius 1 is 1.47 bits per heavy atom. The molecule has 0 aliphatic carbocycles. The zero-order valence-corrected chi connectivity index (χ0v) is 10.3. The number of carboxylic acid groups (broad SMARTS) is 1. The fraction of sp³-hybridized carbons (Fsp3) is 0.308. The van der Waals surface area contributed by atoms with Gasteiger partial charge in [0.05, 0.1) is 12.7 Å². The van der Waals surface area contributed by atoms with Gasteiger partial charge in [-0.25, -0.2) is 4.79 Å². The Kier molecular flexibility index (Phi) is 4.72. The molecule has 0 unspecified atom stereocenters. The lowest BCUT2D eigenvalue weighted by Crippen LogP contribution is -2.10. The number of ether oxygens (including phenoxy) is 1. The van der Waals surface area contributed by atoms with Crippen molar-refractivity contribution in [1.29, 1.82) is 0 Å². The van der Waals surface area contributed by atoms with Gasteiger partial charge in [-0.2, -0.15) is 0 Å². The summed E-state index contributed by atoms with van der Waals surface area (Å²) in [6.07, 6.45) is 3.83. The molecule has 17 heavy (non-hydrogen) atoms. The van der Waals surface area contributed by atoms with Crippen molar-refractivity contribution >= 4 is 12.0 Å². The van der Waals surface area contributed by atoms with E-state index in [0.29, 0.717) is 5.75 Å². The highest BCUT2D eigenvalue weighted by Crippen LogP contribution is 2.21. The first-order valence-electron chi connectivity index (χ1n) is 5.27. The van der Waals surface area contributed by atoms with Crippen molar-refractivity contribution in [3.05, 3.63) is 35.4 Å². The quantitative estimate of drug-likeness (QED) is 0.847. The molecule has 1 aromatic carbocycles. The lowest BCUT2D eigenvalue weighted by molar-refractivity contribution is 0.0697. The predicted octanol–water partition coefficient (Wildman–Crippen LogP) is 1.97. The van der Waals surface area contributed by atoms with E-state index in [1.165, 1.54) is 6.07 Å². The van der Waals surface area contributed by atoms with E-state index in [2.05, 4.69) is 0 Å². The molecule has 0 radical (unpaired) electrons. The monoisotopic (exact) mass is 235 g/mol. The molecule has 0 heterocycles. The van der Waals surface area contributed by atoms with Gasteiger partial charge in [0.25, 0.3) is 0 Å². The molecule has 4 heteroatoms. The van der Waals surface area contributed by atoms with Gasteiger partial charge in [0.2, 0.25) is 0 Å². The number of aromatic carboxylic acids is 1. The average Bonchev–Trinajstić information content (AvgIpc) is 2.28. The van der Waals surface area contributed by atoms with Gasteiger partial charge in [0.1, 0.15) is 5.75 Å². The second-order valence-electron chi connectivity index (χ2n) is 3.93. The second-order valence-corrected chi connectivity index (χ2v) is 3.93. The minimum Gasteiger partial charge on any atom is -0.496 e. The zero-order valence-electron chi connectivity index (χ0n) is 10.3. The minimum absolute atomic E-state index is 0.260. The first-order valence-corrected chi connectivity index (χ1v) is 5.27. The van der Waals surface area contributed by atoms with Crippen molar-refractivity contribution in [2.45, 2.75) is 0 Å². The van der Waals surface area contributed by atoms with Crippen LogP contribution in [0.5, 0.6) is 5.75 Å². The molecule has 1 aromatic rings. The van der Waals surface area contributed by atoms with Crippen LogP contribution >= 0.6 is 0 Å². The molecule has 92 valence electrons. The molecule has 0 aromatic heterocycles. The summed E-state index contributed by atoms with van der Waals surface area (Å²) in [5.41, 5.74) is 1.03. The lowest BCUT2D eigenvalue weighted by atomic mass is 10.1. The Morgan fingerprint density at radius 3 is 2.71 bits per heavy atom. The predicted molar refractivity (Wildman–Crippen MR) is 67.5 cm³/mol. The molecule has 0 aliphatic rings. The lowest BCUT2D eigenvalue weighted by Gasteiger charge is -2.07. The van der Waals surface area contributed by atoms with Crippen LogP contribution in [0.1, 0.15) is 15.9 Å². The van der Waals surface area contributed by atoms with Gasteiger partial charge in [0, 0.05) is 12.1 Å². The smallest absolute Gasteiger partial charge is 0.335 e. The topological polar surface area (TPSA) is 49.8 Å². The van der Waals surface area contributed by atoms with Crippen LogP contribution in [0.2, 0.25) is 0 Å². The number of carboxylic acids is 1. The Balaban J connectivity index is 2.97. The zero-order chi connectivity index (χ0) is 12.8. The van der Waals surface area contributed by atoms with E-state index in [1.807, 2.05) is 31.1 Å². The summed E-state index contributed by atoms with van der Waals surface area (Å²) in [5, 5.41) is 8.91. The molecule has 0 spiro atoms. The molecular formula is C13H17NO3. The average molecular weight is 235 g/mol. The maximum atomic E-state index is 10.9. The molecule has 0 fully saturated rings. The van der Waals surface area contributed by atoms with Crippen molar-refractivity contribution in [3.8, 4) is 5.75 Å².